The van der Waals surface area contributed by atoms with Crippen molar-refractivity contribution in [3.05, 3.63) is 35.9 Å². The topological polar surface area (TPSA) is 41.5 Å². The number of benzene rings is 1. The predicted molar refractivity (Wildman–Crippen MR) is 63.0 cm³/mol. The molecule has 2 atom stereocenters. The SMILES string of the molecule is C[C@H]1NC(C)(C)CO[C@@]1(O)c1ccccc1. The Kier molecular flexibility index (Phi) is 2.78. The normalized spacial score (nSPS) is 33.6. The summed E-state index contributed by atoms with van der Waals surface area (Å²) in [5.41, 5.74) is 0.700. The lowest BCUT2D eigenvalue weighted by atomic mass is 9.93. The molecule has 1 aromatic rings. The molecule has 1 aromatic carbocycles. The Morgan fingerprint density at radius 3 is 2.50 bits per heavy atom. The smallest absolute Gasteiger partial charge is 0.208 e. The lowest BCUT2D eigenvalue weighted by molar-refractivity contribution is -0.263. The molecule has 3 nitrogen and oxygen atoms in total. The number of morpholine rings is 1. The Labute approximate surface area is 96.4 Å². The molecule has 1 saturated heterocycles. The largest absolute Gasteiger partial charge is 0.361 e. The third-order valence-corrected chi connectivity index (χ3v) is 3.03. The van der Waals surface area contributed by atoms with Gasteiger partial charge in [-0.3, -0.25) is 0 Å². The Balaban J connectivity index is 2.27. The summed E-state index contributed by atoms with van der Waals surface area (Å²) in [6.07, 6.45) is 0. The van der Waals surface area contributed by atoms with E-state index in [0.29, 0.717) is 6.61 Å². The van der Waals surface area contributed by atoms with E-state index in [1.165, 1.54) is 0 Å². The predicted octanol–water partition coefficient (Wildman–Crippen LogP) is 1.62. The highest BCUT2D eigenvalue weighted by Crippen LogP contribution is 2.32. The first-order chi connectivity index (χ1) is 7.44. The van der Waals surface area contributed by atoms with Crippen LogP contribution in [0.5, 0.6) is 0 Å². The zero-order chi connectivity index (χ0) is 11.8. The van der Waals surface area contributed by atoms with Crippen molar-refractivity contribution < 1.29 is 9.84 Å². The van der Waals surface area contributed by atoms with Gasteiger partial charge in [0.15, 0.2) is 0 Å². The van der Waals surface area contributed by atoms with Crippen LogP contribution < -0.4 is 5.32 Å². The maximum absolute atomic E-state index is 10.6. The quantitative estimate of drug-likeness (QED) is 0.757. The maximum Gasteiger partial charge on any atom is 0.208 e. The van der Waals surface area contributed by atoms with Gasteiger partial charge in [0.1, 0.15) is 0 Å². The number of rotatable bonds is 1. The molecular weight excluding hydrogens is 202 g/mol. The Bertz CT molecular complexity index is 363. The van der Waals surface area contributed by atoms with E-state index >= 15 is 0 Å². The second-order valence-corrected chi connectivity index (χ2v) is 5.10. The fraction of sp³-hybridized carbons (Fsp3) is 0.538. The van der Waals surface area contributed by atoms with Crippen molar-refractivity contribution >= 4 is 0 Å². The average molecular weight is 221 g/mol. The van der Waals surface area contributed by atoms with Crippen molar-refractivity contribution in [2.45, 2.75) is 38.1 Å². The molecule has 0 unspecified atom stereocenters. The Morgan fingerprint density at radius 1 is 1.31 bits per heavy atom. The minimum Gasteiger partial charge on any atom is -0.361 e. The van der Waals surface area contributed by atoms with Gasteiger partial charge in [-0.2, -0.15) is 0 Å². The molecule has 16 heavy (non-hydrogen) atoms. The first kappa shape index (κ1) is 11.6. The number of aliphatic hydroxyl groups is 1. The van der Waals surface area contributed by atoms with Crippen molar-refractivity contribution in [2.75, 3.05) is 6.61 Å². The van der Waals surface area contributed by atoms with Crippen LogP contribution in [0.15, 0.2) is 30.3 Å². The third kappa shape index (κ3) is 1.98. The van der Waals surface area contributed by atoms with Crippen LogP contribution in [-0.4, -0.2) is 23.3 Å². The van der Waals surface area contributed by atoms with E-state index in [1.54, 1.807) is 0 Å². The van der Waals surface area contributed by atoms with E-state index in [1.807, 2.05) is 37.3 Å². The summed E-state index contributed by atoms with van der Waals surface area (Å²) in [5.74, 6) is -1.23. The van der Waals surface area contributed by atoms with Crippen LogP contribution in [0, 0.1) is 0 Å². The molecular formula is C13H19NO2. The lowest BCUT2D eigenvalue weighted by Gasteiger charge is -2.46. The average Bonchev–Trinajstić information content (AvgIpc) is 2.25. The second-order valence-electron chi connectivity index (χ2n) is 5.10. The summed E-state index contributed by atoms with van der Waals surface area (Å²) in [6, 6.07) is 9.37. The number of nitrogens with one attached hydrogen (secondary N) is 1. The highest BCUT2D eigenvalue weighted by Gasteiger charge is 2.44. The minimum absolute atomic E-state index is 0.0968. The van der Waals surface area contributed by atoms with Crippen molar-refractivity contribution in [2.24, 2.45) is 0 Å². The van der Waals surface area contributed by atoms with E-state index in [9.17, 15) is 5.11 Å². The molecule has 1 aliphatic heterocycles. The van der Waals surface area contributed by atoms with Crippen LogP contribution in [0.3, 0.4) is 0 Å². The summed E-state index contributed by atoms with van der Waals surface area (Å²) in [6.45, 7) is 6.55. The molecule has 1 aliphatic rings. The first-order valence-corrected chi connectivity index (χ1v) is 5.64. The summed E-state index contributed by atoms with van der Waals surface area (Å²) in [7, 11) is 0. The number of hydrogen-bond donors (Lipinski definition) is 2. The number of hydrogen-bond acceptors (Lipinski definition) is 3. The van der Waals surface area contributed by atoms with Gasteiger partial charge >= 0.3 is 0 Å². The zero-order valence-electron chi connectivity index (χ0n) is 10.0. The molecule has 0 saturated carbocycles. The van der Waals surface area contributed by atoms with E-state index in [2.05, 4.69) is 19.2 Å². The Hall–Kier alpha value is -0.900. The molecule has 0 radical (unpaired) electrons. The highest BCUT2D eigenvalue weighted by molar-refractivity contribution is 5.22. The molecule has 88 valence electrons. The lowest BCUT2D eigenvalue weighted by Crippen LogP contribution is -2.63. The van der Waals surface area contributed by atoms with Gasteiger partial charge in [-0.15, -0.1) is 0 Å². The van der Waals surface area contributed by atoms with Crippen LogP contribution in [0.25, 0.3) is 0 Å². The zero-order valence-corrected chi connectivity index (χ0v) is 10.0. The minimum atomic E-state index is -1.23. The second kappa shape index (κ2) is 3.84. The summed E-state index contributed by atoms with van der Waals surface area (Å²) in [4.78, 5) is 0. The Morgan fingerprint density at radius 2 is 1.94 bits per heavy atom. The summed E-state index contributed by atoms with van der Waals surface area (Å²) < 4.78 is 5.67. The third-order valence-electron chi connectivity index (χ3n) is 3.03. The maximum atomic E-state index is 10.6. The molecule has 0 aliphatic carbocycles. The van der Waals surface area contributed by atoms with Crippen molar-refractivity contribution in [3.8, 4) is 0 Å². The van der Waals surface area contributed by atoms with Crippen LogP contribution in [0.1, 0.15) is 26.3 Å². The van der Waals surface area contributed by atoms with Crippen molar-refractivity contribution in [1.82, 2.24) is 5.32 Å². The van der Waals surface area contributed by atoms with Crippen LogP contribution in [-0.2, 0) is 10.5 Å². The molecule has 1 heterocycles. The van der Waals surface area contributed by atoms with E-state index in [4.69, 9.17) is 4.74 Å². The van der Waals surface area contributed by atoms with Crippen LogP contribution >= 0.6 is 0 Å². The molecule has 0 bridgehead atoms. The van der Waals surface area contributed by atoms with Gasteiger partial charge in [-0.25, -0.2) is 0 Å². The van der Waals surface area contributed by atoms with Gasteiger partial charge in [-0.05, 0) is 20.8 Å². The van der Waals surface area contributed by atoms with Gasteiger partial charge < -0.3 is 15.2 Å². The van der Waals surface area contributed by atoms with E-state index in [-0.39, 0.29) is 11.6 Å². The fourth-order valence-corrected chi connectivity index (χ4v) is 2.15. The molecule has 0 spiro atoms. The van der Waals surface area contributed by atoms with Gasteiger partial charge in [0.05, 0.1) is 12.6 Å². The van der Waals surface area contributed by atoms with Crippen molar-refractivity contribution in [1.29, 1.82) is 0 Å². The van der Waals surface area contributed by atoms with E-state index < -0.39 is 5.79 Å². The van der Waals surface area contributed by atoms with Crippen LogP contribution in [0.4, 0.5) is 0 Å². The molecule has 2 N–H and O–H groups in total. The highest BCUT2D eigenvalue weighted by atomic mass is 16.6. The van der Waals surface area contributed by atoms with Crippen LogP contribution in [0.2, 0.25) is 0 Å². The first-order valence-electron chi connectivity index (χ1n) is 5.64. The standard InChI is InChI=1S/C13H19NO2/c1-10-13(15,11-7-5-4-6-8-11)16-9-12(2,3)14-10/h4-8,10,14-15H,9H2,1-3H3/t10-,13-/m1/s1. The molecule has 3 heteroatoms. The van der Waals surface area contributed by atoms with E-state index in [0.717, 1.165) is 5.56 Å². The number of ether oxygens (including phenoxy) is 1. The molecule has 0 aromatic heterocycles. The monoisotopic (exact) mass is 221 g/mol. The van der Waals surface area contributed by atoms with Gasteiger partial charge in [-0.1, -0.05) is 30.3 Å². The molecule has 1 fully saturated rings. The van der Waals surface area contributed by atoms with Crippen molar-refractivity contribution in [3.63, 3.8) is 0 Å². The summed E-state index contributed by atoms with van der Waals surface area (Å²) in [5, 5.41) is 13.9. The van der Waals surface area contributed by atoms with Gasteiger partial charge in [0.2, 0.25) is 5.79 Å². The molecule has 0 amide bonds. The van der Waals surface area contributed by atoms with Gasteiger partial charge in [0.25, 0.3) is 0 Å². The fourth-order valence-electron chi connectivity index (χ4n) is 2.15. The molecule has 2 rings (SSSR count). The summed E-state index contributed by atoms with van der Waals surface area (Å²) >= 11 is 0. The van der Waals surface area contributed by atoms with Gasteiger partial charge in [0, 0.05) is 11.1 Å².